The molecule has 6 rings (SSSR count). The molecule has 1 fully saturated rings. The van der Waals surface area contributed by atoms with E-state index in [9.17, 15) is 4.79 Å². The number of hydrogen-bond donors (Lipinski definition) is 2. The molecule has 4 aromatic rings. The van der Waals surface area contributed by atoms with Crippen LogP contribution in [-0.2, 0) is 11.3 Å². The molecular weight excluding hydrogens is 430 g/mol. The van der Waals surface area contributed by atoms with E-state index in [0.29, 0.717) is 38.6 Å². The number of nitrogens with one attached hydrogen (secondary N) is 2. The second-order valence-corrected chi connectivity index (χ2v) is 8.40. The van der Waals surface area contributed by atoms with Gasteiger partial charge in [-0.15, -0.1) is 0 Å². The number of aromatic nitrogens is 2. The van der Waals surface area contributed by atoms with Gasteiger partial charge in [-0.3, -0.25) is 14.5 Å². The van der Waals surface area contributed by atoms with Gasteiger partial charge in [-0.05, 0) is 60.2 Å². The summed E-state index contributed by atoms with van der Waals surface area (Å²) in [4.78, 5) is 19.1. The Hall–Kier alpha value is -3.88. The number of anilines is 2. The van der Waals surface area contributed by atoms with E-state index in [0.717, 1.165) is 46.1 Å². The van der Waals surface area contributed by atoms with Crippen LogP contribution in [-0.4, -0.2) is 53.2 Å². The Morgan fingerprint density at radius 3 is 2.74 bits per heavy atom. The molecular formula is C26H25N5O3. The van der Waals surface area contributed by atoms with E-state index >= 15 is 0 Å². The van der Waals surface area contributed by atoms with E-state index in [1.807, 2.05) is 47.5 Å². The fourth-order valence-electron chi connectivity index (χ4n) is 4.48. The Kier molecular flexibility index (Phi) is 5.37. The normalized spacial score (nSPS) is 15.6. The van der Waals surface area contributed by atoms with Crippen molar-refractivity contribution in [2.45, 2.75) is 6.54 Å². The van der Waals surface area contributed by atoms with Crippen molar-refractivity contribution in [3.63, 3.8) is 0 Å². The van der Waals surface area contributed by atoms with Gasteiger partial charge in [0, 0.05) is 48.8 Å². The Labute approximate surface area is 197 Å². The number of carbonyl (C=O) groups is 1. The van der Waals surface area contributed by atoms with Crippen LogP contribution in [0.1, 0.15) is 15.9 Å². The minimum Gasteiger partial charge on any atom is -0.478 e. The van der Waals surface area contributed by atoms with Crippen molar-refractivity contribution < 1.29 is 14.3 Å². The van der Waals surface area contributed by atoms with E-state index in [1.54, 1.807) is 6.20 Å². The predicted octanol–water partition coefficient (Wildman–Crippen LogP) is 3.66. The lowest BCUT2D eigenvalue weighted by Crippen LogP contribution is -2.40. The molecule has 1 saturated heterocycles. The molecule has 0 unspecified atom stereocenters. The SMILES string of the molecule is O=C(c1ccc(Nc2ccc(-c3ccc4c(c3)CNCO4)n3ccnc23)cc1)N1CCOCC1. The molecule has 0 saturated carbocycles. The second-order valence-electron chi connectivity index (χ2n) is 8.40. The minimum absolute atomic E-state index is 0.0421. The average molecular weight is 456 g/mol. The average Bonchev–Trinajstić information content (AvgIpc) is 3.40. The molecule has 8 heteroatoms. The van der Waals surface area contributed by atoms with E-state index in [2.05, 4.69) is 38.2 Å². The van der Waals surface area contributed by atoms with Crippen LogP contribution < -0.4 is 15.4 Å². The molecule has 2 N–H and O–H groups in total. The van der Waals surface area contributed by atoms with E-state index in [4.69, 9.17) is 9.47 Å². The van der Waals surface area contributed by atoms with Gasteiger partial charge in [-0.25, -0.2) is 4.98 Å². The number of imidazole rings is 1. The van der Waals surface area contributed by atoms with E-state index in [1.165, 1.54) is 0 Å². The molecule has 0 atom stereocenters. The monoisotopic (exact) mass is 455 g/mol. The number of hydrogen-bond acceptors (Lipinski definition) is 6. The van der Waals surface area contributed by atoms with Crippen molar-refractivity contribution in [1.82, 2.24) is 19.6 Å². The Balaban J connectivity index is 1.25. The zero-order valence-electron chi connectivity index (χ0n) is 18.7. The third-order valence-corrected chi connectivity index (χ3v) is 6.26. The maximum absolute atomic E-state index is 12.7. The summed E-state index contributed by atoms with van der Waals surface area (Å²) in [5, 5.41) is 6.69. The highest BCUT2D eigenvalue weighted by Crippen LogP contribution is 2.31. The zero-order valence-corrected chi connectivity index (χ0v) is 18.7. The van der Waals surface area contributed by atoms with Crippen LogP contribution in [0.3, 0.4) is 0 Å². The lowest BCUT2D eigenvalue weighted by molar-refractivity contribution is 0.0303. The van der Waals surface area contributed by atoms with Crippen molar-refractivity contribution in [3.05, 3.63) is 78.1 Å². The highest BCUT2D eigenvalue weighted by Gasteiger charge is 2.18. The molecule has 2 aromatic carbocycles. The molecule has 4 heterocycles. The molecule has 2 aromatic heterocycles. The summed E-state index contributed by atoms with van der Waals surface area (Å²) in [5.74, 6) is 0.971. The summed E-state index contributed by atoms with van der Waals surface area (Å²) in [6, 6.07) is 18.0. The van der Waals surface area contributed by atoms with Crippen molar-refractivity contribution in [2.75, 3.05) is 38.4 Å². The molecule has 2 aliphatic heterocycles. The number of morpholine rings is 1. The summed E-state index contributed by atoms with van der Waals surface area (Å²) in [7, 11) is 0. The van der Waals surface area contributed by atoms with Crippen molar-refractivity contribution in [2.24, 2.45) is 0 Å². The highest BCUT2D eigenvalue weighted by atomic mass is 16.5. The van der Waals surface area contributed by atoms with Crippen molar-refractivity contribution in [3.8, 4) is 17.0 Å². The standard InChI is InChI=1S/C26H25N5O3/c32-26(30-11-13-33-14-12-30)18-1-4-21(5-2-18)29-22-6-7-23(31-10-9-28-25(22)31)19-3-8-24-20(15-19)16-27-17-34-24/h1-10,15,27,29H,11-14,16-17H2. The topological polar surface area (TPSA) is 80.1 Å². The summed E-state index contributed by atoms with van der Waals surface area (Å²) in [6.45, 7) is 3.80. The van der Waals surface area contributed by atoms with Gasteiger partial charge >= 0.3 is 0 Å². The summed E-state index contributed by atoms with van der Waals surface area (Å²) in [5.41, 5.74) is 6.60. The summed E-state index contributed by atoms with van der Waals surface area (Å²) < 4.78 is 13.1. The summed E-state index contributed by atoms with van der Waals surface area (Å²) in [6.07, 6.45) is 3.77. The lowest BCUT2D eigenvalue weighted by atomic mass is 10.1. The number of fused-ring (bicyclic) bond motifs is 2. The van der Waals surface area contributed by atoms with Crippen LogP contribution in [0, 0.1) is 0 Å². The maximum Gasteiger partial charge on any atom is 0.254 e. The van der Waals surface area contributed by atoms with Gasteiger partial charge in [-0.1, -0.05) is 0 Å². The minimum atomic E-state index is 0.0421. The molecule has 8 nitrogen and oxygen atoms in total. The summed E-state index contributed by atoms with van der Waals surface area (Å²) >= 11 is 0. The van der Waals surface area contributed by atoms with Crippen LogP contribution >= 0.6 is 0 Å². The lowest BCUT2D eigenvalue weighted by Gasteiger charge is -2.26. The molecule has 172 valence electrons. The smallest absolute Gasteiger partial charge is 0.254 e. The van der Waals surface area contributed by atoms with E-state index < -0.39 is 0 Å². The molecule has 2 aliphatic rings. The first-order chi connectivity index (χ1) is 16.8. The van der Waals surface area contributed by atoms with Gasteiger partial charge in [0.1, 0.15) is 12.5 Å². The van der Waals surface area contributed by atoms with Gasteiger partial charge < -0.3 is 19.7 Å². The number of ether oxygens (including phenoxy) is 2. The first-order valence-electron chi connectivity index (χ1n) is 11.4. The molecule has 0 spiro atoms. The van der Waals surface area contributed by atoms with Crippen LogP contribution in [0.2, 0.25) is 0 Å². The zero-order chi connectivity index (χ0) is 22.9. The Morgan fingerprint density at radius 1 is 1.03 bits per heavy atom. The van der Waals surface area contributed by atoms with Crippen LogP contribution in [0.15, 0.2) is 67.0 Å². The third kappa shape index (κ3) is 3.87. The van der Waals surface area contributed by atoms with Crippen molar-refractivity contribution >= 4 is 22.9 Å². The number of rotatable bonds is 4. The number of benzene rings is 2. The predicted molar refractivity (Wildman–Crippen MR) is 129 cm³/mol. The van der Waals surface area contributed by atoms with Gasteiger partial charge in [0.05, 0.1) is 24.6 Å². The largest absolute Gasteiger partial charge is 0.478 e. The van der Waals surface area contributed by atoms with Gasteiger partial charge in [-0.2, -0.15) is 0 Å². The second kappa shape index (κ2) is 8.81. The number of nitrogens with zero attached hydrogens (tertiary/aromatic N) is 3. The number of amides is 1. The third-order valence-electron chi connectivity index (χ3n) is 6.26. The number of pyridine rings is 1. The molecule has 34 heavy (non-hydrogen) atoms. The van der Waals surface area contributed by atoms with Crippen molar-refractivity contribution in [1.29, 1.82) is 0 Å². The molecule has 0 radical (unpaired) electrons. The Bertz CT molecular complexity index is 1340. The first-order valence-corrected chi connectivity index (χ1v) is 11.4. The number of carbonyl (C=O) groups excluding carboxylic acids is 1. The highest BCUT2D eigenvalue weighted by molar-refractivity contribution is 5.94. The fourth-order valence-corrected chi connectivity index (χ4v) is 4.48. The van der Waals surface area contributed by atoms with Crippen LogP contribution in [0.4, 0.5) is 11.4 Å². The van der Waals surface area contributed by atoms with Gasteiger partial charge in [0.2, 0.25) is 0 Å². The van der Waals surface area contributed by atoms with Crippen LogP contribution in [0.5, 0.6) is 5.75 Å². The van der Waals surface area contributed by atoms with Gasteiger partial charge in [0.25, 0.3) is 5.91 Å². The molecule has 1 amide bonds. The molecule has 0 bridgehead atoms. The maximum atomic E-state index is 12.7. The first kappa shape index (κ1) is 20.7. The van der Waals surface area contributed by atoms with Crippen LogP contribution in [0.25, 0.3) is 16.9 Å². The van der Waals surface area contributed by atoms with Gasteiger partial charge in [0.15, 0.2) is 5.65 Å². The quantitative estimate of drug-likeness (QED) is 0.489. The van der Waals surface area contributed by atoms with E-state index in [-0.39, 0.29) is 5.91 Å². The molecule has 0 aliphatic carbocycles. The fraction of sp³-hybridized carbons (Fsp3) is 0.231. The Morgan fingerprint density at radius 2 is 1.88 bits per heavy atom.